The average molecular weight is 240 g/mol. The highest BCUT2D eigenvalue weighted by molar-refractivity contribution is 7.89. The number of hydrogen-bond donors (Lipinski definition) is 1. The molecule has 0 aliphatic rings. The molecule has 0 aliphatic heterocycles. The van der Waals surface area contributed by atoms with Gasteiger partial charge >= 0.3 is 0 Å². The van der Waals surface area contributed by atoms with Gasteiger partial charge in [-0.1, -0.05) is 0 Å². The molecular weight excluding hydrogens is 233 g/mol. The Hall–Kier alpha value is -1.15. The highest BCUT2D eigenvalue weighted by Crippen LogP contribution is 2.25. The summed E-state index contributed by atoms with van der Waals surface area (Å²) in [5.41, 5.74) is -1.26. The normalized spacial score (nSPS) is 12.1. The maximum absolute atomic E-state index is 12.7. The Morgan fingerprint density at radius 2 is 2.00 bits per heavy atom. The summed E-state index contributed by atoms with van der Waals surface area (Å²) in [6, 6.07) is 0.510. The number of primary sulfonamides is 1. The molecular formula is C7H7F3N2O2S. The van der Waals surface area contributed by atoms with E-state index in [0.717, 1.165) is 6.92 Å². The van der Waals surface area contributed by atoms with Gasteiger partial charge in [0, 0.05) is 6.07 Å². The van der Waals surface area contributed by atoms with Gasteiger partial charge in [0.05, 0.1) is 4.90 Å². The Morgan fingerprint density at radius 1 is 1.47 bits per heavy atom. The fourth-order valence-electron chi connectivity index (χ4n) is 1.08. The molecule has 0 saturated carbocycles. The molecule has 0 aromatic carbocycles. The molecule has 15 heavy (non-hydrogen) atoms. The van der Waals surface area contributed by atoms with E-state index in [1.54, 1.807) is 0 Å². The zero-order valence-electron chi connectivity index (χ0n) is 7.54. The largest absolute Gasteiger partial charge is 0.280 e. The van der Waals surface area contributed by atoms with Crippen molar-refractivity contribution in [2.24, 2.45) is 5.14 Å². The number of rotatable bonds is 2. The number of pyridine rings is 1. The molecule has 4 nitrogen and oxygen atoms in total. The molecule has 2 N–H and O–H groups in total. The van der Waals surface area contributed by atoms with E-state index in [9.17, 15) is 21.6 Å². The van der Waals surface area contributed by atoms with Crippen LogP contribution in [0.3, 0.4) is 0 Å². The summed E-state index contributed by atoms with van der Waals surface area (Å²) in [6.45, 7) is 1.09. The maximum Gasteiger partial charge on any atom is 0.280 e. The third-order valence-corrected chi connectivity index (χ3v) is 2.78. The monoisotopic (exact) mass is 240 g/mol. The van der Waals surface area contributed by atoms with Gasteiger partial charge in [-0.05, 0) is 12.5 Å². The lowest BCUT2D eigenvalue weighted by atomic mass is 10.2. The third kappa shape index (κ3) is 2.45. The van der Waals surface area contributed by atoms with Gasteiger partial charge in [0.1, 0.15) is 5.69 Å². The van der Waals surface area contributed by atoms with E-state index < -0.39 is 33.0 Å². The number of aromatic nitrogens is 1. The molecule has 0 radical (unpaired) electrons. The molecule has 1 aromatic heterocycles. The van der Waals surface area contributed by atoms with Crippen molar-refractivity contribution in [1.82, 2.24) is 4.98 Å². The van der Waals surface area contributed by atoms with Crippen LogP contribution in [0, 0.1) is 12.9 Å². The summed E-state index contributed by atoms with van der Waals surface area (Å²) in [5, 5.41) is 4.73. The van der Waals surface area contributed by atoms with Crippen molar-refractivity contribution in [3.05, 3.63) is 23.3 Å². The van der Waals surface area contributed by atoms with Crippen LogP contribution < -0.4 is 5.14 Å². The van der Waals surface area contributed by atoms with E-state index >= 15 is 0 Å². The van der Waals surface area contributed by atoms with Crippen LogP contribution in [-0.2, 0) is 10.0 Å². The standard InChI is InChI=1S/C7H7F3N2O2S/c1-3-4(15(11,13)14)2-5(8)12-6(3)7(9)10/h2,7H,1H3,(H2,11,13,14). The van der Waals surface area contributed by atoms with Gasteiger partial charge in [-0.3, -0.25) is 0 Å². The van der Waals surface area contributed by atoms with E-state index in [4.69, 9.17) is 5.14 Å². The molecule has 1 rings (SSSR count). The van der Waals surface area contributed by atoms with Crippen LogP contribution in [0.4, 0.5) is 13.2 Å². The van der Waals surface area contributed by atoms with E-state index in [1.807, 2.05) is 0 Å². The van der Waals surface area contributed by atoms with Crippen molar-refractivity contribution >= 4 is 10.0 Å². The number of nitrogens with two attached hydrogens (primary N) is 1. The van der Waals surface area contributed by atoms with Crippen molar-refractivity contribution in [3.63, 3.8) is 0 Å². The number of sulfonamides is 1. The molecule has 0 amide bonds. The van der Waals surface area contributed by atoms with Crippen molar-refractivity contribution in [2.75, 3.05) is 0 Å². The maximum atomic E-state index is 12.7. The van der Waals surface area contributed by atoms with Crippen LogP contribution in [0.15, 0.2) is 11.0 Å². The zero-order chi connectivity index (χ0) is 11.8. The minimum Gasteiger partial charge on any atom is -0.225 e. The van der Waals surface area contributed by atoms with E-state index in [2.05, 4.69) is 4.98 Å². The van der Waals surface area contributed by atoms with Gasteiger partial charge in [-0.2, -0.15) is 4.39 Å². The Bertz CT molecular complexity index is 487. The molecule has 1 heterocycles. The first-order valence-corrected chi connectivity index (χ1v) is 5.26. The molecule has 0 spiro atoms. The van der Waals surface area contributed by atoms with Gasteiger partial charge in [-0.25, -0.2) is 27.3 Å². The molecule has 1 aromatic rings. The summed E-state index contributed by atoms with van der Waals surface area (Å²) in [6.07, 6.45) is -3.05. The van der Waals surface area contributed by atoms with Crippen molar-refractivity contribution < 1.29 is 21.6 Å². The summed E-state index contributed by atoms with van der Waals surface area (Å²) >= 11 is 0. The second-order valence-electron chi connectivity index (χ2n) is 2.80. The third-order valence-electron chi connectivity index (χ3n) is 1.74. The van der Waals surface area contributed by atoms with E-state index in [0.29, 0.717) is 6.07 Å². The topological polar surface area (TPSA) is 73.1 Å². The molecule has 0 unspecified atom stereocenters. The number of alkyl halides is 2. The number of nitrogens with zero attached hydrogens (tertiary/aromatic N) is 1. The number of hydrogen-bond acceptors (Lipinski definition) is 3. The molecule has 0 atom stereocenters. The fraction of sp³-hybridized carbons (Fsp3) is 0.286. The average Bonchev–Trinajstić information content (AvgIpc) is 2.06. The second kappa shape index (κ2) is 3.78. The summed E-state index contributed by atoms with van der Waals surface area (Å²) < 4.78 is 59.2. The predicted octanol–water partition coefficient (Wildman–Crippen LogP) is 1.11. The van der Waals surface area contributed by atoms with Crippen molar-refractivity contribution in [3.8, 4) is 0 Å². The summed E-state index contributed by atoms with van der Waals surface area (Å²) in [5.74, 6) is -1.31. The minimum atomic E-state index is -4.23. The van der Waals surface area contributed by atoms with Crippen LogP contribution in [0.1, 0.15) is 17.7 Å². The quantitative estimate of drug-likeness (QED) is 0.787. The molecule has 84 valence electrons. The molecule has 8 heteroatoms. The zero-order valence-corrected chi connectivity index (χ0v) is 8.35. The van der Waals surface area contributed by atoms with Crippen molar-refractivity contribution in [1.29, 1.82) is 0 Å². The highest BCUT2D eigenvalue weighted by Gasteiger charge is 2.22. The Kier molecular flexibility index (Phi) is 3.00. The minimum absolute atomic E-state index is 0.339. The number of halogens is 3. The molecule has 0 bridgehead atoms. The van der Waals surface area contributed by atoms with E-state index in [1.165, 1.54) is 0 Å². The lowest BCUT2D eigenvalue weighted by molar-refractivity contribution is 0.143. The smallest absolute Gasteiger partial charge is 0.225 e. The first kappa shape index (κ1) is 11.9. The Morgan fingerprint density at radius 3 is 2.40 bits per heavy atom. The fourth-order valence-corrected chi connectivity index (χ4v) is 1.87. The van der Waals surface area contributed by atoms with Crippen LogP contribution in [-0.4, -0.2) is 13.4 Å². The van der Waals surface area contributed by atoms with Gasteiger partial charge < -0.3 is 0 Å². The van der Waals surface area contributed by atoms with Gasteiger partial charge in [0.15, 0.2) is 0 Å². The van der Waals surface area contributed by atoms with Gasteiger partial charge in [-0.15, -0.1) is 0 Å². The molecule has 0 saturated heterocycles. The molecule has 0 fully saturated rings. The van der Waals surface area contributed by atoms with Crippen molar-refractivity contribution in [2.45, 2.75) is 18.2 Å². The Balaban J connectivity index is 3.56. The second-order valence-corrected chi connectivity index (χ2v) is 4.33. The first-order chi connectivity index (χ1) is 6.73. The van der Waals surface area contributed by atoms with Gasteiger partial charge in [0.2, 0.25) is 16.0 Å². The summed E-state index contributed by atoms with van der Waals surface area (Å²) in [4.78, 5) is 2.23. The predicted molar refractivity (Wildman–Crippen MR) is 45.3 cm³/mol. The van der Waals surface area contributed by atoms with Crippen LogP contribution in [0.25, 0.3) is 0 Å². The van der Waals surface area contributed by atoms with E-state index in [-0.39, 0.29) is 5.56 Å². The lowest BCUT2D eigenvalue weighted by Crippen LogP contribution is -2.16. The highest BCUT2D eigenvalue weighted by atomic mass is 32.2. The summed E-state index contributed by atoms with van der Waals surface area (Å²) in [7, 11) is -4.23. The Labute approximate surface area is 84.0 Å². The lowest BCUT2D eigenvalue weighted by Gasteiger charge is -2.08. The van der Waals surface area contributed by atoms with Crippen LogP contribution in [0.5, 0.6) is 0 Å². The SMILES string of the molecule is Cc1c(S(N)(=O)=O)cc(F)nc1C(F)F. The molecule has 0 aliphatic carbocycles. The van der Waals surface area contributed by atoms with Gasteiger partial charge in [0.25, 0.3) is 6.43 Å². The van der Waals surface area contributed by atoms with Crippen LogP contribution >= 0.6 is 0 Å². The first-order valence-electron chi connectivity index (χ1n) is 3.71. The van der Waals surface area contributed by atoms with Crippen LogP contribution in [0.2, 0.25) is 0 Å².